The molecule has 0 bridgehead atoms. The van der Waals surface area contributed by atoms with E-state index in [1.54, 1.807) is 26.1 Å². The molecular weight excluding hydrogens is 436 g/mol. The van der Waals surface area contributed by atoms with E-state index < -0.39 is 30.1 Å². The third-order valence-electron chi connectivity index (χ3n) is 5.35. The fraction of sp³-hybridized carbons (Fsp3) is 0.381. The first-order chi connectivity index (χ1) is 15.9. The first-order valence-electron chi connectivity index (χ1n) is 10.3. The van der Waals surface area contributed by atoms with E-state index in [9.17, 15) is 13.6 Å². The lowest BCUT2D eigenvalue weighted by atomic mass is 9.96. The molecule has 1 aliphatic rings. The van der Waals surface area contributed by atoms with Crippen LogP contribution in [-0.4, -0.2) is 46.0 Å². The van der Waals surface area contributed by atoms with Crippen LogP contribution in [0.3, 0.4) is 0 Å². The number of fused-ring (bicyclic) bond motifs is 2. The predicted molar refractivity (Wildman–Crippen MR) is 114 cm³/mol. The predicted octanol–water partition coefficient (Wildman–Crippen LogP) is 4.17. The molecule has 10 nitrogen and oxygen atoms in total. The number of carbonyl (C=O) groups excluding carboxylic acids is 1. The number of esters is 1. The summed E-state index contributed by atoms with van der Waals surface area (Å²) in [5.41, 5.74) is 8.73. The van der Waals surface area contributed by atoms with Crippen molar-refractivity contribution in [2.45, 2.75) is 31.9 Å². The van der Waals surface area contributed by atoms with Crippen LogP contribution in [0.25, 0.3) is 16.1 Å². The zero-order valence-corrected chi connectivity index (χ0v) is 18.0. The Morgan fingerprint density at radius 2 is 2.33 bits per heavy atom. The number of azide groups is 1. The number of nitrogens with zero attached hydrogens (tertiary/aromatic N) is 6. The summed E-state index contributed by atoms with van der Waals surface area (Å²) in [4.78, 5) is 19.3. The van der Waals surface area contributed by atoms with Gasteiger partial charge >= 0.3 is 5.97 Å². The number of halogens is 2. The van der Waals surface area contributed by atoms with E-state index in [-0.39, 0.29) is 25.1 Å². The van der Waals surface area contributed by atoms with Crippen molar-refractivity contribution in [2.24, 2.45) is 5.11 Å². The van der Waals surface area contributed by atoms with Crippen molar-refractivity contribution in [1.82, 2.24) is 14.6 Å². The number of carbonyl (C=O) groups is 1. The van der Waals surface area contributed by atoms with Crippen molar-refractivity contribution in [3.05, 3.63) is 63.5 Å². The van der Waals surface area contributed by atoms with E-state index in [1.807, 2.05) is 0 Å². The van der Waals surface area contributed by atoms with Crippen molar-refractivity contribution in [2.75, 3.05) is 25.1 Å². The van der Waals surface area contributed by atoms with Crippen molar-refractivity contribution in [1.29, 1.82) is 0 Å². The molecule has 3 aromatic rings. The number of rotatable bonds is 8. The standard InChI is InChI=1S/C21H21F2N7O3/c1-3-32-20(31)16-9-26-30-5-4-17(28-19(16)30)27-12(2)15-7-14(23)6-13-8-21(10-22,11-25-29-24)33-18(13)15/h4-7,9,12H,3,8,10-11H2,1-2H3,(H,27,28). The Morgan fingerprint density at radius 1 is 1.52 bits per heavy atom. The molecule has 1 N–H and O–H groups in total. The van der Waals surface area contributed by atoms with Gasteiger partial charge in [0, 0.05) is 28.7 Å². The Morgan fingerprint density at radius 3 is 3.06 bits per heavy atom. The molecule has 12 heteroatoms. The van der Waals surface area contributed by atoms with E-state index in [0.717, 1.165) is 0 Å². The molecule has 3 heterocycles. The summed E-state index contributed by atoms with van der Waals surface area (Å²) < 4.78 is 40.6. The van der Waals surface area contributed by atoms with Gasteiger partial charge in [-0.15, -0.1) is 0 Å². The van der Waals surface area contributed by atoms with Gasteiger partial charge < -0.3 is 14.8 Å². The Labute approximate surface area is 187 Å². The molecule has 1 aliphatic heterocycles. The first kappa shape index (κ1) is 22.3. The quantitative estimate of drug-likeness (QED) is 0.234. The molecule has 0 spiro atoms. The van der Waals surface area contributed by atoms with Crippen molar-refractivity contribution in [3.8, 4) is 5.75 Å². The summed E-state index contributed by atoms with van der Waals surface area (Å²) in [6.07, 6.45) is 3.08. The maximum absolute atomic E-state index is 14.4. The Balaban J connectivity index is 1.63. The first-order valence-corrected chi connectivity index (χ1v) is 10.3. The van der Waals surface area contributed by atoms with Gasteiger partial charge in [0.2, 0.25) is 0 Å². The molecule has 2 atom stereocenters. The van der Waals surface area contributed by atoms with Crippen LogP contribution >= 0.6 is 0 Å². The Kier molecular flexibility index (Phi) is 6.01. The highest BCUT2D eigenvalue weighted by molar-refractivity contribution is 5.95. The molecule has 2 unspecified atom stereocenters. The number of anilines is 1. The lowest BCUT2D eigenvalue weighted by molar-refractivity contribution is 0.0528. The number of nitrogens with one attached hydrogen (secondary N) is 1. The lowest BCUT2D eigenvalue weighted by Crippen LogP contribution is -2.40. The van der Waals surface area contributed by atoms with Gasteiger partial charge in [-0.25, -0.2) is 23.1 Å². The topological polar surface area (TPSA) is 127 Å². The van der Waals surface area contributed by atoms with Gasteiger partial charge in [-0.05, 0) is 37.6 Å². The van der Waals surface area contributed by atoms with Gasteiger partial charge in [0.05, 0.1) is 25.4 Å². The van der Waals surface area contributed by atoms with Crippen LogP contribution in [0.5, 0.6) is 5.75 Å². The van der Waals surface area contributed by atoms with E-state index in [1.165, 1.54) is 22.8 Å². The smallest absolute Gasteiger partial charge is 0.343 e. The molecule has 1 aromatic carbocycles. The van der Waals surface area contributed by atoms with Crippen molar-refractivity contribution in [3.63, 3.8) is 0 Å². The number of benzene rings is 1. The average molecular weight is 457 g/mol. The fourth-order valence-corrected chi connectivity index (χ4v) is 3.82. The van der Waals surface area contributed by atoms with E-state index in [2.05, 4.69) is 25.4 Å². The Bertz CT molecular complexity index is 1260. The van der Waals surface area contributed by atoms with Crippen LogP contribution in [0.2, 0.25) is 0 Å². The molecular formula is C21H21F2N7O3. The highest BCUT2D eigenvalue weighted by Gasteiger charge is 2.41. The van der Waals surface area contributed by atoms with Crippen LogP contribution in [0.15, 0.2) is 35.7 Å². The summed E-state index contributed by atoms with van der Waals surface area (Å²) in [7, 11) is 0. The van der Waals surface area contributed by atoms with E-state index in [0.29, 0.717) is 28.3 Å². The normalized spacial score (nSPS) is 17.7. The summed E-state index contributed by atoms with van der Waals surface area (Å²) in [6, 6.07) is 3.76. The van der Waals surface area contributed by atoms with Gasteiger partial charge in [-0.3, -0.25) is 0 Å². The molecule has 0 amide bonds. The van der Waals surface area contributed by atoms with Crippen LogP contribution < -0.4 is 10.1 Å². The highest BCUT2D eigenvalue weighted by Crippen LogP contribution is 2.42. The molecule has 0 fully saturated rings. The van der Waals surface area contributed by atoms with Crippen LogP contribution in [0.4, 0.5) is 14.6 Å². The number of alkyl halides is 1. The number of hydrogen-bond acceptors (Lipinski definition) is 7. The lowest BCUT2D eigenvalue weighted by Gasteiger charge is -2.25. The maximum Gasteiger partial charge on any atom is 0.343 e. The van der Waals surface area contributed by atoms with Crippen molar-refractivity contribution >= 4 is 17.4 Å². The maximum atomic E-state index is 14.4. The zero-order chi connectivity index (χ0) is 23.6. The van der Waals surface area contributed by atoms with Crippen LogP contribution in [0.1, 0.15) is 41.4 Å². The summed E-state index contributed by atoms with van der Waals surface area (Å²) in [6.45, 7) is 2.59. The number of ether oxygens (including phenoxy) is 2. The molecule has 0 aliphatic carbocycles. The van der Waals surface area contributed by atoms with E-state index in [4.69, 9.17) is 15.0 Å². The average Bonchev–Trinajstić information content (AvgIpc) is 3.38. The van der Waals surface area contributed by atoms with Gasteiger partial charge in [-0.1, -0.05) is 5.11 Å². The minimum Gasteiger partial charge on any atom is -0.483 e. The minimum atomic E-state index is -1.36. The highest BCUT2D eigenvalue weighted by atomic mass is 19.1. The molecule has 0 radical (unpaired) electrons. The third-order valence-corrected chi connectivity index (χ3v) is 5.35. The van der Waals surface area contributed by atoms with Crippen LogP contribution in [-0.2, 0) is 11.2 Å². The summed E-state index contributed by atoms with van der Waals surface area (Å²) >= 11 is 0. The van der Waals surface area contributed by atoms with Gasteiger partial charge in [0.15, 0.2) is 5.65 Å². The molecule has 33 heavy (non-hydrogen) atoms. The molecule has 4 rings (SSSR count). The SMILES string of the molecule is CCOC(=O)c1cnn2ccc(NC(C)c3cc(F)cc4c3OC(CF)(CN=[N+]=[N-])C4)nc12. The molecule has 0 saturated carbocycles. The van der Waals surface area contributed by atoms with Gasteiger partial charge in [-0.2, -0.15) is 5.10 Å². The van der Waals surface area contributed by atoms with Gasteiger partial charge in [0.1, 0.15) is 35.2 Å². The fourth-order valence-electron chi connectivity index (χ4n) is 3.82. The van der Waals surface area contributed by atoms with Gasteiger partial charge in [0.25, 0.3) is 0 Å². The molecule has 0 saturated heterocycles. The molecule has 2 aromatic heterocycles. The minimum absolute atomic E-state index is 0.0816. The monoisotopic (exact) mass is 457 g/mol. The van der Waals surface area contributed by atoms with E-state index >= 15 is 0 Å². The molecule has 172 valence electrons. The number of hydrogen-bond donors (Lipinski definition) is 1. The number of aromatic nitrogens is 3. The largest absolute Gasteiger partial charge is 0.483 e. The second-order valence-corrected chi connectivity index (χ2v) is 7.69. The summed E-state index contributed by atoms with van der Waals surface area (Å²) in [5.74, 6) is -0.282. The second-order valence-electron chi connectivity index (χ2n) is 7.69. The van der Waals surface area contributed by atoms with Crippen LogP contribution in [0, 0.1) is 5.82 Å². The van der Waals surface area contributed by atoms with Crippen molar-refractivity contribution < 1.29 is 23.0 Å². The second kappa shape index (κ2) is 8.91. The Hall–Kier alpha value is -3.92. The summed E-state index contributed by atoms with van der Waals surface area (Å²) in [5, 5.41) is 10.7. The third kappa shape index (κ3) is 4.24. The zero-order valence-electron chi connectivity index (χ0n) is 18.0.